The summed E-state index contributed by atoms with van der Waals surface area (Å²) in [6.07, 6.45) is 0. The van der Waals surface area contributed by atoms with Crippen molar-refractivity contribution in [3.05, 3.63) is 0 Å². The number of halogens is 6. The van der Waals surface area contributed by atoms with Gasteiger partial charge in [0, 0.05) is 0 Å². The van der Waals surface area contributed by atoms with Crippen molar-refractivity contribution < 1.29 is 138 Å². The third kappa shape index (κ3) is 84.4. The molecule has 51 valence electrons. The summed E-state index contributed by atoms with van der Waals surface area (Å²) in [5.41, 5.74) is 0. The zero-order valence-corrected chi connectivity index (χ0v) is 13.6. The van der Waals surface area contributed by atoms with E-state index in [0.29, 0.717) is 0 Å². The van der Waals surface area contributed by atoms with Crippen molar-refractivity contribution in [3.63, 3.8) is 0 Å². The van der Waals surface area contributed by atoms with E-state index in [0.717, 1.165) is 0 Å². The molecule has 0 aromatic heterocycles. The van der Waals surface area contributed by atoms with Gasteiger partial charge in [0.2, 0.25) is 0 Å². The van der Waals surface area contributed by atoms with Gasteiger partial charge < -0.3 is 0 Å². The van der Waals surface area contributed by atoms with Crippen molar-refractivity contribution in [2.45, 2.75) is 0 Å². The minimum atomic E-state index is -11.3. The molecular weight excluding hydrogens is 378 g/mol. The Labute approximate surface area is 134 Å². The van der Waals surface area contributed by atoms with Gasteiger partial charge in [0.1, 0.15) is 0 Å². The van der Waals surface area contributed by atoms with Crippen LogP contribution in [-0.4, -0.2) is 0 Å². The summed E-state index contributed by atoms with van der Waals surface area (Å²) in [6.45, 7) is 0. The van der Waals surface area contributed by atoms with E-state index in [1.807, 2.05) is 0 Å². The predicted molar refractivity (Wildman–Crippen MR) is 6.65 cm³/mol. The fraction of sp³-hybridized carbons (Fsp3) is 0. The summed E-state index contributed by atoms with van der Waals surface area (Å²) in [4.78, 5) is 0. The fourth-order valence-corrected chi connectivity index (χ4v) is 0. The maximum absolute atomic E-state index is 11.3. The molecule has 0 aliphatic rings. The first-order valence-electron chi connectivity index (χ1n) is 0.857. The zero-order chi connectivity index (χ0) is 6.41. The van der Waals surface area contributed by atoms with Gasteiger partial charge in [-0.25, -0.2) is 0 Å². The smallest absolute Gasteiger partial charge is 1.00 e. The average molecular weight is 378 g/mol. The van der Waals surface area contributed by atoms with Crippen LogP contribution in [0.1, 0.15) is 0 Å². The Morgan fingerprint density at radius 3 is 0.556 bits per heavy atom. The van der Waals surface area contributed by atoms with E-state index in [-0.39, 0.29) is 103 Å². The van der Waals surface area contributed by atoms with Crippen LogP contribution >= 0.6 is 0 Å². The van der Waals surface area contributed by atoms with Crippen molar-refractivity contribution in [2.24, 2.45) is 0 Å². The van der Waals surface area contributed by atoms with Crippen LogP contribution in [0.3, 0.4) is 0 Å². The van der Waals surface area contributed by atoms with Crippen LogP contribution in [0.25, 0.3) is 0 Å². The number of hydrogen-bond acceptors (Lipinski definition) is 0. The molecule has 0 heterocycles. The fourth-order valence-electron chi connectivity index (χ4n) is 0. The van der Waals surface area contributed by atoms with E-state index in [2.05, 4.69) is 0 Å². The monoisotopic (exact) mass is 379 g/mol. The average Bonchev–Trinajstić information content (AvgIpc) is 0.592. The molecule has 0 aromatic carbocycles. The molecule has 0 rings (SSSR count). The Morgan fingerprint density at radius 1 is 0.556 bits per heavy atom. The molecule has 0 N–H and O–H groups in total. The second kappa shape index (κ2) is 3.71. The maximum atomic E-state index is 9.93. The number of rotatable bonds is 0. The SMILES string of the molecule is [F][Re-2]([F])([F])([F])([F])[F].[K+].[K+]. The van der Waals surface area contributed by atoms with Gasteiger partial charge in [-0.1, -0.05) is 0 Å². The van der Waals surface area contributed by atoms with E-state index in [1.54, 1.807) is 0 Å². The first-order valence-corrected chi connectivity index (χ1v) is 7.02. The molecule has 0 bridgehead atoms. The van der Waals surface area contributed by atoms with Gasteiger partial charge in [0.05, 0.1) is 0 Å². The molecule has 0 aromatic rings. The molecule has 0 aliphatic heterocycles. The normalized spacial score (nSPS) is 18.0. The minimum absolute atomic E-state index is 0. The summed E-state index contributed by atoms with van der Waals surface area (Å²) >= 11 is -11.3. The van der Waals surface area contributed by atoms with Crippen LogP contribution in [0.15, 0.2) is 0 Å². The third-order valence-corrected chi connectivity index (χ3v) is 0. The Hall–Kier alpha value is 3.52. The molecule has 0 atom stereocenters. The van der Waals surface area contributed by atoms with Crippen molar-refractivity contribution in [3.8, 4) is 0 Å². The van der Waals surface area contributed by atoms with Crippen LogP contribution in [0.5, 0.6) is 0 Å². The van der Waals surface area contributed by atoms with Gasteiger partial charge in [-0.2, -0.15) is 0 Å². The first kappa shape index (κ1) is 18.3. The molecule has 0 saturated carbocycles. The molecule has 9 heteroatoms. The first-order chi connectivity index (χ1) is 2.45. The van der Waals surface area contributed by atoms with E-state index < -0.39 is 16.2 Å². The van der Waals surface area contributed by atoms with Crippen LogP contribution in [0.4, 0.5) is 19.3 Å². The predicted octanol–water partition coefficient (Wildman–Crippen LogP) is -3.47. The standard InChI is InChI=1S/6FH.2K.Re/h6*1H;;;/q;;;;;;2*+1;+4/p-6. The molecule has 0 unspecified atom stereocenters. The molecule has 0 fully saturated rings. The summed E-state index contributed by atoms with van der Waals surface area (Å²) in [5, 5.41) is 0. The van der Waals surface area contributed by atoms with Crippen molar-refractivity contribution in [1.29, 1.82) is 0 Å². The van der Waals surface area contributed by atoms with Gasteiger partial charge in [0.25, 0.3) is 0 Å². The third-order valence-electron chi connectivity index (χ3n) is 0. The largest absolute Gasteiger partial charge is 1.00 e. The molecule has 0 aliphatic carbocycles. The van der Waals surface area contributed by atoms with Gasteiger partial charge in [-0.15, -0.1) is 0 Å². The Balaban J connectivity index is -0.000000180. The summed E-state index contributed by atoms with van der Waals surface area (Å²) < 4.78 is 59.6. The minimum Gasteiger partial charge on any atom is 1.00 e. The van der Waals surface area contributed by atoms with Crippen LogP contribution in [0, 0.1) is 0 Å². The molecule has 9 heavy (non-hydrogen) atoms. The van der Waals surface area contributed by atoms with E-state index in [1.165, 1.54) is 0 Å². The Morgan fingerprint density at radius 2 is 0.556 bits per heavy atom. The molecule has 0 radical (unpaired) electrons. The maximum Gasteiger partial charge on any atom is 1.00 e. The Kier molecular flexibility index (Phi) is 7.56. The topological polar surface area (TPSA) is 0 Å². The van der Waals surface area contributed by atoms with Crippen LogP contribution < -0.4 is 103 Å². The summed E-state index contributed by atoms with van der Waals surface area (Å²) in [7, 11) is 0. The molecule has 0 saturated heterocycles. The molecule has 0 nitrogen and oxygen atoms in total. The molecule has 0 spiro atoms. The summed E-state index contributed by atoms with van der Waals surface area (Å²) in [5.74, 6) is 0. The van der Waals surface area contributed by atoms with Gasteiger partial charge in [0.15, 0.2) is 0 Å². The van der Waals surface area contributed by atoms with Gasteiger partial charge in [-0.3, -0.25) is 0 Å². The van der Waals surface area contributed by atoms with Crippen molar-refractivity contribution >= 4 is 0 Å². The quantitative estimate of drug-likeness (QED) is 0.304. The number of hydrogen-bond donors (Lipinski definition) is 0. The van der Waals surface area contributed by atoms with Crippen molar-refractivity contribution in [1.82, 2.24) is 0 Å². The van der Waals surface area contributed by atoms with Crippen LogP contribution in [0.2, 0.25) is 0 Å². The molecular formula is F6K2Re. The zero-order valence-electron chi connectivity index (χ0n) is 4.65. The van der Waals surface area contributed by atoms with Crippen molar-refractivity contribution in [2.75, 3.05) is 0 Å². The van der Waals surface area contributed by atoms with E-state index in [9.17, 15) is 19.3 Å². The van der Waals surface area contributed by atoms with Gasteiger partial charge in [-0.05, 0) is 0 Å². The van der Waals surface area contributed by atoms with Crippen LogP contribution in [-0.2, 0) is 16.2 Å². The second-order valence-electron chi connectivity index (χ2n) is 0.810. The second-order valence-corrected chi connectivity index (χ2v) is 6.63. The van der Waals surface area contributed by atoms with E-state index >= 15 is 0 Å². The summed E-state index contributed by atoms with van der Waals surface area (Å²) in [6, 6.07) is 0. The van der Waals surface area contributed by atoms with Gasteiger partial charge >= 0.3 is 138 Å². The Bertz CT molecular complexity index is 69.6. The van der Waals surface area contributed by atoms with E-state index in [4.69, 9.17) is 0 Å². The molecule has 0 amide bonds.